The zero-order valence-electron chi connectivity index (χ0n) is 14.4. The van der Waals surface area contributed by atoms with E-state index >= 15 is 0 Å². The third kappa shape index (κ3) is 4.43. The van der Waals surface area contributed by atoms with Crippen molar-refractivity contribution in [3.05, 3.63) is 54.6 Å². The van der Waals surface area contributed by atoms with Crippen LogP contribution >= 0.6 is 0 Å². The number of nitrogens with one attached hydrogen (secondary N) is 1. The highest BCUT2D eigenvalue weighted by molar-refractivity contribution is 7.92. The number of fused-ring (bicyclic) bond motifs is 1. The van der Waals surface area contributed by atoms with Gasteiger partial charge in [-0.25, -0.2) is 8.42 Å². The SMILES string of the molecule is CS(=O)(=O)Nc1cccc2c(O)ccc(N=Nc3cccc(S(=O)(=O)F)c3)c12. The van der Waals surface area contributed by atoms with Crippen molar-refractivity contribution in [2.24, 2.45) is 10.2 Å². The zero-order valence-corrected chi connectivity index (χ0v) is 16.0. The van der Waals surface area contributed by atoms with Gasteiger partial charge in [0, 0.05) is 10.8 Å². The highest BCUT2D eigenvalue weighted by Gasteiger charge is 2.14. The van der Waals surface area contributed by atoms with Crippen LogP contribution in [0.15, 0.2) is 69.7 Å². The van der Waals surface area contributed by atoms with Gasteiger partial charge in [0.2, 0.25) is 10.0 Å². The van der Waals surface area contributed by atoms with E-state index in [0.29, 0.717) is 10.8 Å². The van der Waals surface area contributed by atoms with Crippen LogP contribution in [0, 0.1) is 0 Å². The number of phenols is 1. The molecule has 3 aromatic rings. The van der Waals surface area contributed by atoms with Crippen LogP contribution in [0.1, 0.15) is 0 Å². The van der Waals surface area contributed by atoms with Crippen LogP contribution in [0.25, 0.3) is 10.8 Å². The quantitative estimate of drug-likeness (QED) is 0.474. The molecule has 0 saturated heterocycles. The second kappa shape index (κ2) is 7.17. The van der Waals surface area contributed by atoms with Crippen molar-refractivity contribution in [3.63, 3.8) is 0 Å². The summed E-state index contributed by atoms with van der Waals surface area (Å²) in [4.78, 5) is -0.557. The minimum Gasteiger partial charge on any atom is -0.507 e. The average Bonchev–Trinajstić information content (AvgIpc) is 2.60. The molecule has 3 rings (SSSR count). The maximum atomic E-state index is 13.1. The fraction of sp³-hybridized carbons (Fsp3) is 0.0588. The van der Waals surface area contributed by atoms with Gasteiger partial charge in [0.25, 0.3) is 0 Å². The number of anilines is 1. The van der Waals surface area contributed by atoms with Crippen molar-refractivity contribution in [2.75, 3.05) is 11.0 Å². The predicted molar refractivity (Wildman–Crippen MR) is 103 cm³/mol. The molecule has 0 aliphatic carbocycles. The zero-order chi connectivity index (χ0) is 20.5. The van der Waals surface area contributed by atoms with Crippen LogP contribution in [0.3, 0.4) is 0 Å². The van der Waals surface area contributed by atoms with E-state index in [0.717, 1.165) is 18.4 Å². The number of hydrogen-bond acceptors (Lipinski definition) is 7. The summed E-state index contributed by atoms with van der Waals surface area (Å²) in [6.45, 7) is 0. The smallest absolute Gasteiger partial charge is 0.332 e. The Balaban J connectivity index is 2.14. The summed E-state index contributed by atoms with van der Waals surface area (Å²) in [6, 6.07) is 12.3. The number of nitrogens with zero attached hydrogens (tertiary/aromatic N) is 2. The number of phenolic OH excluding ortho intramolecular Hbond substituents is 1. The molecule has 0 radical (unpaired) electrons. The molecule has 0 fully saturated rings. The summed E-state index contributed by atoms with van der Waals surface area (Å²) in [5.41, 5.74) is 0.478. The summed E-state index contributed by atoms with van der Waals surface area (Å²) in [7, 11) is -8.49. The minimum atomic E-state index is -4.89. The number of aromatic hydroxyl groups is 1. The van der Waals surface area contributed by atoms with Crippen molar-refractivity contribution in [1.82, 2.24) is 0 Å². The maximum absolute atomic E-state index is 13.1. The molecule has 28 heavy (non-hydrogen) atoms. The van der Waals surface area contributed by atoms with Gasteiger partial charge in [-0.2, -0.15) is 13.5 Å². The maximum Gasteiger partial charge on any atom is 0.332 e. The largest absolute Gasteiger partial charge is 0.507 e. The van der Waals surface area contributed by atoms with Crippen molar-refractivity contribution in [2.45, 2.75) is 4.90 Å². The molecule has 0 aromatic heterocycles. The molecule has 0 unspecified atom stereocenters. The second-order valence-corrected chi connectivity index (χ2v) is 8.94. The number of sulfonamides is 1. The number of halogens is 1. The summed E-state index contributed by atoms with van der Waals surface area (Å²) >= 11 is 0. The van der Waals surface area contributed by atoms with E-state index in [-0.39, 0.29) is 22.8 Å². The molecular weight excluding hydrogens is 409 g/mol. The lowest BCUT2D eigenvalue weighted by Gasteiger charge is -2.11. The Morgan fingerprint density at radius 3 is 2.36 bits per heavy atom. The minimum absolute atomic E-state index is 0.0773. The van der Waals surface area contributed by atoms with Crippen molar-refractivity contribution < 1.29 is 25.8 Å². The van der Waals surface area contributed by atoms with Gasteiger partial charge < -0.3 is 5.11 Å². The first-order valence-electron chi connectivity index (χ1n) is 7.73. The first kappa shape index (κ1) is 19.7. The molecule has 0 aliphatic rings. The van der Waals surface area contributed by atoms with Gasteiger partial charge in [-0.05, 0) is 36.4 Å². The van der Waals surface area contributed by atoms with Crippen LogP contribution in [-0.2, 0) is 20.2 Å². The molecule has 0 heterocycles. The molecule has 146 valence electrons. The van der Waals surface area contributed by atoms with Gasteiger partial charge >= 0.3 is 10.2 Å². The first-order valence-corrected chi connectivity index (χ1v) is 11.0. The summed E-state index contributed by atoms with van der Waals surface area (Å²) in [5.74, 6) is -0.0865. The Hall–Kier alpha value is -3.05. The third-order valence-electron chi connectivity index (χ3n) is 3.66. The summed E-state index contributed by atoms with van der Waals surface area (Å²) in [6.07, 6.45) is 0.985. The summed E-state index contributed by atoms with van der Waals surface area (Å²) < 4.78 is 60.8. The Bertz CT molecular complexity index is 1310. The van der Waals surface area contributed by atoms with Crippen LogP contribution in [-0.4, -0.2) is 28.2 Å². The van der Waals surface area contributed by atoms with Gasteiger partial charge in [0.15, 0.2) is 0 Å². The lowest BCUT2D eigenvalue weighted by atomic mass is 10.1. The molecule has 0 saturated carbocycles. The molecule has 0 spiro atoms. The van der Waals surface area contributed by atoms with Crippen LogP contribution in [0.4, 0.5) is 20.9 Å². The van der Waals surface area contributed by atoms with Crippen LogP contribution in [0.2, 0.25) is 0 Å². The standard InChI is InChI=1S/C17H14FN3O5S2/c1-27(23,24)21-15-7-3-6-13-16(22)9-8-14(17(13)15)20-19-11-4-2-5-12(10-11)28(18,25)26/h2-10,21-22H,1H3. The molecule has 0 amide bonds. The molecule has 0 aliphatic heterocycles. The molecule has 0 atom stereocenters. The van der Waals surface area contributed by atoms with Crippen molar-refractivity contribution in [3.8, 4) is 5.75 Å². The van der Waals surface area contributed by atoms with Crippen molar-refractivity contribution in [1.29, 1.82) is 0 Å². The van der Waals surface area contributed by atoms with Gasteiger partial charge in [-0.1, -0.05) is 18.2 Å². The molecule has 11 heteroatoms. The fourth-order valence-electron chi connectivity index (χ4n) is 2.55. The Labute approximate surface area is 160 Å². The molecule has 8 nitrogen and oxygen atoms in total. The first-order chi connectivity index (χ1) is 13.0. The van der Waals surface area contributed by atoms with Crippen LogP contribution < -0.4 is 4.72 Å². The average molecular weight is 423 g/mol. The van der Waals surface area contributed by atoms with E-state index in [1.807, 2.05) is 0 Å². The fourth-order valence-corrected chi connectivity index (χ4v) is 3.62. The Morgan fingerprint density at radius 1 is 0.964 bits per heavy atom. The van der Waals surface area contributed by atoms with Gasteiger partial charge in [0.1, 0.15) is 10.6 Å². The van der Waals surface area contributed by atoms with Gasteiger partial charge in [-0.3, -0.25) is 4.72 Å². The molecule has 2 N–H and O–H groups in total. The number of azo groups is 1. The number of benzene rings is 3. The molecule has 3 aromatic carbocycles. The van der Waals surface area contributed by atoms with E-state index in [2.05, 4.69) is 15.0 Å². The molecule has 0 bridgehead atoms. The second-order valence-electron chi connectivity index (χ2n) is 5.84. The highest BCUT2D eigenvalue weighted by atomic mass is 32.3. The van der Waals surface area contributed by atoms with Crippen molar-refractivity contribution >= 4 is 48.1 Å². The van der Waals surface area contributed by atoms with Gasteiger partial charge in [-0.15, -0.1) is 9.00 Å². The summed E-state index contributed by atoms with van der Waals surface area (Å²) in [5, 5.41) is 18.6. The number of hydrogen-bond donors (Lipinski definition) is 2. The van der Waals surface area contributed by atoms with E-state index in [1.54, 1.807) is 12.1 Å². The van der Waals surface area contributed by atoms with E-state index < -0.39 is 25.1 Å². The third-order valence-corrected chi connectivity index (χ3v) is 5.07. The monoisotopic (exact) mass is 423 g/mol. The van der Waals surface area contributed by atoms with E-state index in [4.69, 9.17) is 0 Å². The lowest BCUT2D eigenvalue weighted by Crippen LogP contribution is -2.09. The lowest BCUT2D eigenvalue weighted by molar-refractivity contribution is 0.481. The van der Waals surface area contributed by atoms with E-state index in [1.165, 1.54) is 30.3 Å². The topological polar surface area (TPSA) is 125 Å². The van der Waals surface area contributed by atoms with Gasteiger partial charge in [0.05, 0.1) is 23.3 Å². The van der Waals surface area contributed by atoms with E-state index in [9.17, 15) is 25.8 Å². The number of rotatable bonds is 5. The Kier molecular flexibility index (Phi) is 5.04. The normalized spacial score (nSPS) is 12.5. The highest BCUT2D eigenvalue weighted by Crippen LogP contribution is 2.38. The molecular formula is C17H14FN3O5S2. The predicted octanol–water partition coefficient (Wildman–Crippen LogP) is 3.99. The Morgan fingerprint density at radius 2 is 1.68 bits per heavy atom. The van der Waals surface area contributed by atoms with Crippen LogP contribution in [0.5, 0.6) is 5.75 Å².